The Morgan fingerprint density at radius 3 is 2.42 bits per heavy atom. The second kappa shape index (κ2) is 7.59. The zero-order valence-corrected chi connectivity index (χ0v) is 17.2. The first-order valence-corrected chi connectivity index (χ1v) is 12.2. The predicted octanol–water partition coefficient (Wildman–Crippen LogP) is 3.57. The summed E-state index contributed by atoms with van der Waals surface area (Å²) in [6.07, 6.45) is 0. The first kappa shape index (κ1) is 20.1. The molecule has 0 unspecified atom stereocenters. The van der Waals surface area contributed by atoms with E-state index in [0.29, 0.717) is 29.0 Å². The Bertz CT molecular complexity index is 852. The highest BCUT2D eigenvalue weighted by atomic mass is 28.3. The van der Waals surface area contributed by atoms with Gasteiger partial charge in [0.2, 0.25) is 0 Å². The van der Waals surface area contributed by atoms with Gasteiger partial charge in [-0.05, 0) is 26.0 Å². The second-order valence-corrected chi connectivity index (χ2v) is 13.1. The van der Waals surface area contributed by atoms with Crippen LogP contribution in [-0.4, -0.2) is 48.4 Å². The molecule has 26 heavy (non-hydrogen) atoms. The molecule has 0 aliphatic carbocycles. The number of ketones is 1. The van der Waals surface area contributed by atoms with Crippen LogP contribution in [0.4, 0.5) is 0 Å². The summed E-state index contributed by atoms with van der Waals surface area (Å²) in [7, 11) is 0.272. The molecule has 0 amide bonds. The van der Waals surface area contributed by atoms with Gasteiger partial charge < -0.3 is 14.6 Å². The largest absolute Gasteiger partial charge is 0.495 e. The third-order valence-electron chi connectivity index (χ3n) is 4.25. The number of nitrogens with zero attached hydrogens (tertiary/aromatic N) is 2. The summed E-state index contributed by atoms with van der Waals surface area (Å²) in [4.78, 5) is 23.6. The molecule has 0 saturated carbocycles. The minimum atomic E-state index is -1.19. The summed E-state index contributed by atoms with van der Waals surface area (Å²) in [6.45, 7) is 10.9. The van der Waals surface area contributed by atoms with E-state index >= 15 is 0 Å². The number of rotatable bonds is 8. The molecule has 0 aliphatic rings. The number of hydrogen-bond acceptors (Lipinski definition) is 5. The summed E-state index contributed by atoms with van der Waals surface area (Å²) in [5.41, 5.74) is 1.22. The fourth-order valence-corrected chi connectivity index (χ4v) is 3.47. The SMILES string of the molecule is COc1c(C(C)=O)cc(C(=O)O)c2nn(COCC[Si](C)(C)C)c(C)c12. The maximum Gasteiger partial charge on any atom is 0.338 e. The lowest BCUT2D eigenvalue weighted by atomic mass is 10.0. The molecule has 142 valence electrons. The molecule has 0 saturated heterocycles. The van der Waals surface area contributed by atoms with Gasteiger partial charge in [-0.25, -0.2) is 9.48 Å². The average molecular weight is 379 g/mol. The van der Waals surface area contributed by atoms with Crippen LogP contribution in [-0.2, 0) is 11.5 Å². The lowest BCUT2D eigenvalue weighted by Gasteiger charge is -2.15. The molecule has 0 atom stereocenters. The Balaban J connectivity index is 2.49. The van der Waals surface area contributed by atoms with Crippen molar-refractivity contribution in [3.05, 3.63) is 22.9 Å². The number of hydrogen-bond donors (Lipinski definition) is 1. The van der Waals surface area contributed by atoms with Gasteiger partial charge in [-0.3, -0.25) is 4.79 Å². The van der Waals surface area contributed by atoms with Gasteiger partial charge in [-0.1, -0.05) is 19.6 Å². The standard InChI is InChI=1S/C18H26N2O5Si/c1-11-15-16(19-20(11)10-25-7-8-26(4,5)6)14(18(22)23)9-13(12(2)21)17(15)24-3/h9H,7-8,10H2,1-6H3,(H,22,23). The van der Waals surface area contributed by atoms with E-state index in [-0.39, 0.29) is 23.6 Å². The summed E-state index contributed by atoms with van der Waals surface area (Å²) in [5, 5.41) is 14.5. The van der Waals surface area contributed by atoms with Gasteiger partial charge in [0, 0.05) is 20.4 Å². The predicted molar refractivity (Wildman–Crippen MR) is 102 cm³/mol. The Hall–Kier alpha value is -2.19. The zero-order chi connectivity index (χ0) is 19.6. The Labute approximate surface area is 153 Å². The van der Waals surface area contributed by atoms with E-state index in [1.807, 2.05) is 6.92 Å². The lowest BCUT2D eigenvalue weighted by molar-refractivity contribution is 0.0696. The van der Waals surface area contributed by atoms with Crippen LogP contribution in [0.1, 0.15) is 33.3 Å². The number of aryl methyl sites for hydroxylation is 1. The molecule has 0 fully saturated rings. The molecule has 1 aromatic heterocycles. The molecule has 0 bridgehead atoms. The van der Waals surface area contributed by atoms with Gasteiger partial charge in [0.15, 0.2) is 5.78 Å². The summed E-state index contributed by atoms with van der Waals surface area (Å²) < 4.78 is 12.8. The number of methoxy groups -OCH3 is 1. The quantitative estimate of drug-likeness (QED) is 0.429. The number of aromatic carboxylic acids is 1. The minimum absolute atomic E-state index is 0.0186. The average Bonchev–Trinajstić information content (AvgIpc) is 2.85. The summed E-state index contributed by atoms with van der Waals surface area (Å²) >= 11 is 0. The highest BCUT2D eigenvalue weighted by Crippen LogP contribution is 2.35. The van der Waals surface area contributed by atoms with E-state index < -0.39 is 14.0 Å². The number of ether oxygens (including phenoxy) is 2. The van der Waals surface area contributed by atoms with Gasteiger partial charge in [-0.2, -0.15) is 5.10 Å². The molecule has 0 spiro atoms. The summed E-state index contributed by atoms with van der Waals surface area (Å²) in [5.74, 6) is -1.04. The van der Waals surface area contributed by atoms with Crippen molar-refractivity contribution in [1.29, 1.82) is 0 Å². The Morgan fingerprint density at radius 1 is 1.27 bits per heavy atom. The third-order valence-corrected chi connectivity index (χ3v) is 5.95. The van der Waals surface area contributed by atoms with Crippen molar-refractivity contribution in [3.63, 3.8) is 0 Å². The fraction of sp³-hybridized carbons (Fsp3) is 0.500. The van der Waals surface area contributed by atoms with Gasteiger partial charge in [0.25, 0.3) is 0 Å². The van der Waals surface area contributed by atoms with Crippen molar-refractivity contribution in [1.82, 2.24) is 9.78 Å². The van der Waals surface area contributed by atoms with Crippen molar-refractivity contribution >= 4 is 30.7 Å². The van der Waals surface area contributed by atoms with Gasteiger partial charge >= 0.3 is 5.97 Å². The number of fused-ring (bicyclic) bond motifs is 1. The molecule has 7 nitrogen and oxygen atoms in total. The van der Waals surface area contributed by atoms with E-state index in [2.05, 4.69) is 24.7 Å². The first-order chi connectivity index (χ1) is 12.1. The number of carbonyl (C=O) groups is 2. The highest BCUT2D eigenvalue weighted by molar-refractivity contribution is 6.76. The van der Waals surface area contributed by atoms with E-state index in [9.17, 15) is 14.7 Å². The molecule has 1 N–H and O–H groups in total. The van der Waals surface area contributed by atoms with Crippen molar-refractivity contribution in [2.45, 2.75) is 46.3 Å². The molecular formula is C18H26N2O5Si. The normalized spacial score (nSPS) is 11.8. The number of carboxylic acid groups (broad SMARTS) is 1. The first-order valence-electron chi connectivity index (χ1n) is 8.47. The molecule has 1 aromatic carbocycles. The van der Waals surface area contributed by atoms with Crippen LogP contribution >= 0.6 is 0 Å². The van der Waals surface area contributed by atoms with E-state index in [0.717, 1.165) is 6.04 Å². The summed E-state index contributed by atoms with van der Waals surface area (Å²) in [6, 6.07) is 2.36. The maximum atomic E-state index is 11.9. The molecule has 0 aliphatic heterocycles. The van der Waals surface area contributed by atoms with Crippen LogP contribution in [0.25, 0.3) is 10.9 Å². The Morgan fingerprint density at radius 2 is 1.92 bits per heavy atom. The van der Waals surface area contributed by atoms with Crippen LogP contribution in [0.2, 0.25) is 25.7 Å². The van der Waals surface area contributed by atoms with E-state index in [1.165, 1.54) is 20.1 Å². The number of Topliss-reactive ketones (excluding diaryl/α,β-unsaturated/α-hetero) is 1. The van der Waals surface area contributed by atoms with E-state index in [4.69, 9.17) is 9.47 Å². The van der Waals surface area contributed by atoms with Crippen molar-refractivity contribution in [2.24, 2.45) is 0 Å². The molecule has 2 rings (SSSR count). The lowest BCUT2D eigenvalue weighted by Crippen LogP contribution is -2.22. The van der Waals surface area contributed by atoms with Crippen LogP contribution in [0, 0.1) is 6.92 Å². The molecule has 0 radical (unpaired) electrons. The number of aromatic nitrogens is 2. The van der Waals surface area contributed by atoms with Gasteiger partial charge in [0.05, 0.1) is 23.6 Å². The van der Waals surface area contributed by atoms with Gasteiger partial charge in [0.1, 0.15) is 18.0 Å². The van der Waals surface area contributed by atoms with Crippen LogP contribution < -0.4 is 4.74 Å². The minimum Gasteiger partial charge on any atom is -0.495 e. The highest BCUT2D eigenvalue weighted by Gasteiger charge is 2.24. The molecular weight excluding hydrogens is 352 g/mol. The Kier molecular flexibility index (Phi) is 5.87. The molecule has 2 aromatic rings. The monoisotopic (exact) mass is 378 g/mol. The van der Waals surface area contributed by atoms with Crippen LogP contribution in [0.5, 0.6) is 5.75 Å². The van der Waals surface area contributed by atoms with Crippen molar-refractivity contribution in [2.75, 3.05) is 13.7 Å². The molecule has 1 heterocycles. The topological polar surface area (TPSA) is 90.7 Å². The molecule has 8 heteroatoms. The number of benzene rings is 1. The van der Waals surface area contributed by atoms with Crippen LogP contribution in [0.3, 0.4) is 0 Å². The van der Waals surface area contributed by atoms with Crippen LogP contribution in [0.15, 0.2) is 6.07 Å². The van der Waals surface area contributed by atoms with E-state index in [1.54, 1.807) is 4.68 Å². The maximum absolute atomic E-state index is 11.9. The fourth-order valence-electron chi connectivity index (χ4n) is 2.71. The third kappa shape index (κ3) is 4.13. The second-order valence-electron chi connectivity index (χ2n) is 7.52. The smallest absolute Gasteiger partial charge is 0.338 e. The zero-order valence-electron chi connectivity index (χ0n) is 16.2. The number of carbonyl (C=O) groups excluding carboxylic acids is 1. The van der Waals surface area contributed by atoms with Crippen molar-refractivity contribution in [3.8, 4) is 5.75 Å². The number of carboxylic acids is 1. The van der Waals surface area contributed by atoms with Crippen molar-refractivity contribution < 1.29 is 24.2 Å². The van der Waals surface area contributed by atoms with Gasteiger partial charge in [-0.15, -0.1) is 0 Å².